The Morgan fingerprint density at radius 2 is 2.42 bits per heavy atom. The number of aryl methyl sites for hydroxylation is 1. The maximum Gasteiger partial charge on any atom is 0.237 e. The summed E-state index contributed by atoms with van der Waals surface area (Å²) < 4.78 is 1.70. The van der Waals surface area contributed by atoms with E-state index in [0.29, 0.717) is 25.6 Å². The van der Waals surface area contributed by atoms with Crippen LogP contribution in [0.2, 0.25) is 0 Å². The highest BCUT2D eigenvalue weighted by molar-refractivity contribution is 5.81. The summed E-state index contributed by atoms with van der Waals surface area (Å²) in [7, 11) is 0. The van der Waals surface area contributed by atoms with E-state index < -0.39 is 0 Å². The number of aromatic nitrogens is 3. The Bertz CT molecular complexity index is 416. The Morgan fingerprint density at radius 1 is 1.63 bits per heavy atom. The molecule has 106 valence electrons. The molecule has 0 bridgehead atoms. The van der Waals surface area contributed by atoms with Gasteiger partial charge in [-0.05, 0) is 26.2 Å². The third kappa shape index (κ3) is 4.60. The fourth-order valence-electron chi connectivity index (χ4n) is 1.67. The van der Waals surface area contributed by atoms with E-state index in [1.54, 1.807) is 4.68 Å². The largest absolute Gasteiger partial charge is 0.396 e. The average Bonchev–Trinajstić information content (AvgIpc) is 3.10. The molecular formula is C12H21N5O2. The second kappa shape index (κ2) is 6.63. The van der Waals surface area contributed by atoms with Crippen LogP contribution in [-0.4, -0.2) is 44.7 Å². The van der Waals surface area contributed by atoms with Crippen LogP contribution in [0.3, 0.4) is 0 Å². The van der Waals surface area contributed by atoms with Gasteiger partial charge in [0.05, 0.1) is 11.7 Å². The van der Waals surface area contributed by atoms with E-state index in [9.17, 15) is 4.79 Å². The van der Waals surface area contributed by atoms with Gasteiger partial charge < -0.3 is 15.7 Å². The molecule has 1 aromatic heterocycles. The van der Waals surface area contributed by atoms with Crippen LogP contribution in [0, 0.1) is 0 Å². The smallest absolute Gasteiger partial charge is 0.237 e. The van der Waals surface area contributed by atoms with Crippen LogP contribution in [0.15, 0.2) is 6.20 Å². The molecule has 1 saturated carbocycles. The SMILES string of the molecule is CC(NCc1cn(CCCO)nn1)C(=O)NC1CC1. The molecule has 1 unspecified atom stereocenters. The van der Waals surface area contributed by atoms with Crippen molar-refractivity contribution in [3.8, 4) is 0 Å². The molecule has 1 aliphatic rings. The number of carbonyl (C=O) groups is 1. The van der Waals surface area contributed by atoms with Crippen molar-refractivity contribution in [3.05, 3.63) is 11.9 Å². The summed E-state index contributed by atoms with van der Waals surface area (Å²) in [6, 6.07) is 0.152. The van der Waals surface area contributed by atoms with E-state index in [1.807, 2.05) is 13.1 Å². The zero-order valence-corrected chi connectivity index (χ0v) is 11.2. The van der Waals surface area contributed by atoms with E-state index in [4.69, 9.17) is 5.11 Å². The lowest BCUT2D eigenvalue weighted by Crippen LogP contribution is -2.42. The Kier molecular flexibility index (Phi) is 4.86. The quantitative estimate of drug-likeness (QED) is 0.586. The molecule has 1 atom stereocenters. The molecule has 0 saturated heterocycles. The van der Waals surface area contributed by atoms with E-state index in [-0.39, 0.29) is 18.6 Å². The molecule has 1 fully saturated rings. The number of nitrogens with one attached hydrogen (secondary N) is 2. The monoisotopic (exact) mass is 267 g/mol. The molecule has 19 heavy (non-hydrogen) atoms. The minimum atomic E-state index is -0.233. The highest BCUT2D eigenvalue weighted by Gasteiger charge is 2.25. The van der Waals surface area contributed by atoms with Crippen molar-refractivity contribution in [2.75, 3.05) is 6.61 Å². The first-order valence-electron chi connectivity index (χ1n) is 6.72. The number of rotatable bonds is 8. The Balaban J connectivity index is 1.71. The average molecular weight is 267 g/mol. The molecule has 1 aliphatic carbocycles. The van der Waals surface area contributed by atoms with Crippen LogP contribution in [0.4, 0.5) is 0 Å². The predicted octanol–water partition coefficient (Wildman–Crippen LogP) is -0.583. The van der Waals surface area contributed by atoms with Gasteiger partial charge in [0.1, 0.15) is 0 Å². The van der Waals surface area contributed by atoms with Gasteiger partial charge in [0.25, 0.3) is 0 Å². The molecule has 0 radical (unpaired) electrons. The summed E-state index contributed by atoms with van der Waals surface area (Å²) in [6.45, 7) is 3.15. The number of aliphatic hydroxyl groups is 1. The van der Waals surface area contributed by atoms with Crippen molar-refractivity contribution < 1.29 is 9.90 Å². The first-order chi connectivity index (χ1) is 9.19. The van der Waals surface area contributed by atoms with Gasteiger partial charge in [0.15, 0.2) is 0 Å². The number of hydrogen-bond acceptors (Lipinski definition) is 5. The van der Waals surface area contributed by atoms with Gasteiger partial charge in [-0.25, -0.2) is 0 Å². The molecule has 7 heteroatoms. The van der Waals surface area contributed by atoms with Crippen LogP contribution >= 0.6 is 0 Å². The lowest BCUT2D eigenvalue weighted by Gasteiger charge is -2.12. The third-order valence-corrected chi connectivity index (χ3v) is 3.04. The van der Waals surface area contributed by atoms with Crippen molar-refractivity contribution in [1.29, 1.82) is 0 Å². The van der Waals surface area contributed by atoms with Crippen LogP contribution in [-0.2, 0) is 17.9 Å². The van der Waals surface area contributed by atoms with Crippen LogP contribution < -0.4 is 10.6 Å². The number of nitrogens with zero attached hydrogens (tertiary/aromatic N) is 3. The predicted molar refractivity (Wildman–Crippen MR) is 69.2 cm³/mol. The Morgan fingerprint density at radius 3 is 3.11 bits per heavy atom. The van der Waals surface area contributed by atoms with Crippen molar-refractivity contribution in [1.82, 2.24) is 25.6 Å². The van der Waals surface area contributed by atoms with Crippen molar-refractivity contribution in [3.63, 3.8) is 0 Å². The minimum absolute atomic E-state index is 0.0372. The second-order valence-electron chi connectivity index (χ2n) is 4.94. The topological polar surface area (TPSA) is 92.1 Å². The molecule has 0 spiro atoms. The van der Waals surface area contributed by atoms with Gasteiger partial charge in [-0.2, -0.15) is 0 Å². The first-order valence-corrected chi connectivity index (χ1v) is 6.72. The number of carbonyl (C=O) groups excluding carboxylic acids is 1. The lowest BCUT2D eigenvalue weighted by atomic mass is 10.3. The first kappa shape index (κ1) is 14.0. The van der Waals surface area contributed by atoms with E-state index in [2.05, 4.69) is 20.9 Å². The van der Waals surface area contributed by atoms with Crippen LogP contribution in [0.1, 0.15) is 31.9 Å². The van der Waals surface area contributed by atoms with Crippen LogP contribution in [0.5, 0.6) is 0 Å². The third-order valence-electron chi connectivity index (χ3n) is 3.04. The molecule has 0 aliphatic heterocycles. The highest BCUT2D eigenvalue weighted by Crippen LogP contribution is 2.18. The number of aliphatic hydroxyl groups excluding tert-OH is 1. The van der Waals surface area contributed by atoms with Crippen LogP contribution in [0.25, 0.3) is 0 Å². The van der Waals surface area contributed by atoms with Crippen molar-refractivity contribution >= 4 is 5.91 Å². The lowest BCUT2D eigenvalue weighted by molar-refractivity contribution is -0.122. The molecule has 0 aromatic carbocycles. The molecule has 1 amide bonds. The minimum Gasteiger partial charge on any atom is -0.396 e. The normalized spacial score (nSPS) is 16.3. The summed E-state index contributed by atoms with van der Waals surface area (Å²) in [5.41, 5.74) is 0.795. The summed E-state index contributed by atoms with van der Waals surface area (Å²) >= 11 is 0. The zero-order valence-electron chi connectivity index (χ0n) is 11.2. The zero-order chi connectivity index (χ0) is 13.7. The summed E-state index contributed by atoms with van der Waals surface area (Å²) in [6.07, 6.45) is 4.68. The van der Waals surface area contributed by atoms with Gasteiger partial charge in [0, 0.05) is 31.9 Å². The molecule has 1 heterocycles. The number of hydrogen-bond donors (Lipinski definition) is 3. The van der Waals surface area contributed by atoms with Gasteiger partial charge >= 0.3 is 0 Å². The van der Waals surface area contributed by atoms with E-state index >= 15 is 0 Å². The van der Waals surface area contributed by atoms with Gasteiger partial charge in [-0.1, -0.05) is 5.21 Å². The number of amides is 1. The Hall–Kier alpha value is -1.47. The van der Waals surface area contributed by atoms with Gasteiger partial charge in [-0.3, -0.25) is 9.48 Å². The van der Waals surface area contributed by atoms with E-state index in [0.717, 1.165) is 18.5 Å². The maximum absolute atomic E-state index is 11.7. The molecule has 3 N–H and O–H groups in total. The van der Waals surface area contributed by atoms with Gasteiger partial charge in [0.2, 0.25) is 5.91 Å². The second-order valence-corrected chi connectivity index (χ2v) is 4.94. The fraction of sp³-hybridized carbons (Fsp3) is 0.750. The molecule has 1 aromatic rings. The fourth-order valence-corrected chi connectivity index (χ4v) is 1.67. The highest BCUT2D eigenvalue weighted by atomic mass is 16.3. The van der Waals surface area contributed by atoms with Crippen molar-refractivity contribution in [2.24, 2.45) is 0 Å². The Labute approximate surface area is 112 Å². The molecule has 7 nitrogen and oxygen atoms in total. The standard InChI is InChI=1S/C12H21N5O2/c1-9(12(19)14-10-3-4-10)13-7-11-8-17(16-15-11)5-2-6-18/h8-10,13,18H,2-7H2,1H3,(H,14,19). The summed E-state index contributed by atoms with van der Waals surface area (Å²) in [5.74, 6) is 0.0372. The summed E-state index contributed by atoms with van der Waals surface area (Å²) in [5, 5.41) is 22.8. The van der Waals surface area contributed by atoms with Crippen molar-refractivity contribution in [2.45, 2.75) is 51.4 Å². The maximum atomic E-state index is 11.7. The van der Waals surface area contributed by atoms with E-state index in [1.165, 1.54) is 0 Å². The summed E-state index contributed by atoms with van der Waals surface area (Å²) in [4.78, 5) is 11.7. The molecular weight excluding hydrogens is 246 g/mol. The molecule has 2 rings (SSSR count). The van der Waals surface area contributed by atoms with Gasteiger partial charge in [-0.15, -0.1) is 5.10 Å².